The maximum atomic E-state index is 12.0. The van der Waals surface area contributed by atoms with E-state index < -0.39 is 6.09 Å². The number of anilines is 1. The molecule has 0 bridgehead atoms. The summed E-state index contributed by atoms with van der Waals surface area (Å²) in [5, 5.41) is 2.88. The molecule has 0 aromatic carbocycles. The summed E-state index contributed by atoms with van der Waals surface area (Å²) < 4.78 is 5.34. The molecule has 108 valence electrons. The Balaban J connectivity index is 1.88. The molecule has 1 amide bonds. The van der Waals surface area contributed by atoms with Crippen LogP contribution in [0.4, 0.5) is 10.5 Å². The average Bonchev–Trinajstić information content (AvgIpc) is 3.19. The molecule has 0 radical (unpaired) electrons. The van der Waals surface area contributed by atoms with Gasteiger partial charge in [-0.05, 0) is 38.0 Å². The van der Waals surface area contributed by atoms with E-state index in [-0.39, 0.29) is 10.8 Å². The Morgan fingerprint density at radius 1 is 1.29 bits per heavy atom. The normalized spacial score (nSPS) is 15.3. The molecule has 1 N–H and O–H groups in total. The lowest BCUT2D eigenvalue weighted by Gasteiger charge is -2.14. The third kappa shape index (κ3) is 3.13. The van der Waals surface area contributed by atoms with Crippen molar-refractivity contribution in [1.29, 1.82) is 0 Å². The van der Waals surface area contributed by atoms with Crippen molar-refractivity contribution in [2.24, 2.45) is 0 Å². The first-order chi connectivity index (χ1) is 10.1. The van der Waals surface area contributed by atoms with Crippen LogP contribution in [-0.2, 0) is 4.74 Å². The second kappa shape index (κ2) is 5.33. The predicted molar refractivity (Wildman–Crippen MR) is 80.2 cm³/mol. The molecule has 2 aromatic heterocycles. The van der Waals surface area contributed by atoms with E-state index in [0.29, 0.717) is 16.9 Å². The van der Waals surface area contributed by atoms with E-state index in [9.17, 15) is 4.79 Å². The van der Waals surface area contributed by atoms with E-state index in [1.165, 1.54) is 0 Å². The summed E-state index contributed by atoms with van der Waals surface area (Å²) in [6.07, 6.45) is 4.49. The minimum absolute atomic E-state index is 0.205. The molecular weight excluding hydrogens is 290 g/mol. The van der Waals surface area contributed by atoms with Crippen molar-refractivity contribution in [3.05, 3.63) is 41.8 Å². The lowest BCUT2D eigenvalue weighted by Crippen LogP contribution is -2.21. The first kappa shape index (κ1) is 13.8. The molecule has 0 aliphatic heterocycles. The van der Waals surface area contributed by atoms with Gasteiger partial charge in [-0.2, -0.15) is 0 Å². The molecule has 1 fully saturated rings. The van der Waals surface area contributed by atoms with Gasteiger partial charge in [0.25, 0.3) is 0 Å². The predicted octanol–water partition coefficient (Wildman–Crippen LogP) is 3.90. The third-order valence-electron chi connectivity index (χ3n) is 3.37. The van der Waals surface area contributed by atoms with Crippen molar-refractivity contribution in [2.75, 3.05) is 5.32 Å². The fourth-order valence-corrected chi connectivity index (χ4v) is 2.13. The summed E-state index contributed by atoms with van der Waals surface area (Å²) in [5.74, 6) is 0. The summed E-state index contributed by atoms with van der Waals surface area (Å²) in [5.41, 5.74) is 1.47. The van der Waals surface area contributed by atoms with Crippen LogP contribution in [0.2, 0.25) is 5.15 Å². The van der Waals surface area contributed by atoms with Crippen LogP contribution >= 0.6 is 11.6 Å². The summed E-state index contributed by atoms with van der Waals surface area (Å²) in [7, 11) is 0. The van der Waals surface area contributed by atoms with E-state index in [1.54, 1.807) is 18.5 Å². The molecule has 0 saturated heterocycles. The third-order valence-corrected chi connectivity index (χ3v) is 3.65. The van der Waals surface area contributed by atoms with Gasteiger partial charge in [0.15, 0.2) is 5.15 Å². The second-order valence-electron chi connectivity index (χ2n) is 5.20. The molecular formula is C15H14ClN3O2. The zero-order chi connectivity index (χ0) is 14.9. The van der Waals surface area contributed by atoms with E-state index in [2.05, 4.69) is 15.3 Å². The molecule has 2 heterocycles. The number of hydrogen-bond donors (Lipinski definition) is 1. The fraction of sp³-hybridized carbons (Fsp3) is 0.267. The van der Waals surface area contributed by atoms with Crippen LogP contribution in [0.1, 0.15) is 19.8 Å². The van der Waals surface area contributed by atoms with Gasteiger partial charge in [0, 0.05) is 18.0 Å². The number of nitrogens with zero attached hydrogens (tertiary/aromatic N) is 2. The van der Waals surface area contributed by atoms with Crippen LogP contribution in [0.3, 0.4) is 0 Å². The van der Waals surface area contributed by atoms with E-state index in [0.717, 1.165) is 12.8 Å². The zero-order valence-electron chi connectivity index (χ0n) is 11.5. The van der Waals surface area contributed by atoms with Gasteiger partial charge in [-0.1, -0.05) is 17.7 Å². The van der Waals surface area contributed by atoms with E-state index >= 15 is 0 Å². The number of carbonyl (C=O) groups excluding carboxylic acids is 1. The highest BCUT2D eigenvalue weighted by Gasteiger charge is 2.41. The first-order valence-corrected chi connectivity index (χ1v) is 7.01. The topological polar surface area (TPSA) is 64.1 Å². The highest BCUT2D eigenvalue weighted by Crippen LogP contribution is 2.39. The molecule has 6 heteroatoms. The molecule has 1 saturated carbocycles. The van der Waals surface area contributed by atoms with Crippen molar-refractivity contribution < 1.29 is 9.53 Å². The standard InChI is InChI=1S/C15H14ClN3O2/c1-15(6-7-15)21-14(20)19-12-10(5-9-18-13(12)16)11-4-2-3-8-17-11/h2-5,8-9H,6-7H2,1H3,(H,19,20). The minimum Gasteiger partial charge on any atom is -0.443 e. The lowest BCUT2D eigenvalue weighted by atomic mass is 10.1. The van der Waals surface area contributed by atoms with Crippen LogP contribution < -0.4 is 5.32 Å². The van der Waals surface area contributed by atoms with Gasteiger partial charge in [0.2, 0.25) is 0 Å². The Morgan fingerprint density at radius 2 is 2.10 bits per heavy atom. The van der Waals surface area contributed by atoms with Gasteiger partial charge in [0.1, 0.15) is 5.60 Å². The summed E-state index contributed by atoms with van der Waals surface area (Å²) in [6, 6.07) is 7.28. The van der Waals surface area contributed by atoms with Crippen LogP contribution in [0.15, 0.2) is 36.7 Å². The van der Waals surface area contributed by atoms with Crippen LogP contribution in [0.25, 0.3) is 11.3 Å². The second-order valence-corrected chi connectivity index (χ2v) is 5.56. The van der Waals surface area contributed by atoms with Crippen molar-refractivity contribution in [2.45, 2.75) is 25.4 Å². The number of halogens is 1. The minimum atomic E-state index is -0.526. The van der Waals surface area contributed by atoms with Gasteiger partial charge in [0.05, 0.1) is 11.4 Å². The van der Waals surface area contributed by atoms with E-state index in [1.807, 2.05) is 25.1 Å². The molecule has 0 atom stereocenters. The first-order valence-electron chi connectivity index (χ1n) is 6.63. The maximum absolute atomic E-state index is 12.0. The van der Waals surface area contributed by atoms with Crippen molar-refractivity contribution >= 4 is 23.4 Å². The number of ether oxygens (including phenoxy) is 1. The molecule has 0 unspecified atom stereocenters. The molecule has 5 nitrogen and oxygen atoms in total. The number of hydrogen-bond acceptors (Lipinski definition) is 4. The average molecular weight is 304 g/mol. The molecule has 2 aromatic rings. The largest absolute Gasteiger partial charge is 0.443 e. The van der Waals surface area contributed by atoms with Gasteiger partial charge >= 0.3 is 6.09 Å². The summed E-state index contributed by atoms with van der Waals surface area (Å²) in [4.78, 5) is 20.2. The van der Waals surface area contributed by atoms with Crippen LogP contribution in [0, 0.1) is 0 Å². The molecule has 1 aliphatic rings. The van der Waals surface area contributed by atoms with Crippen LogP contribution in [0.5, 0.6) is 0 Å². The highest BCUT2D eigenvalue weighted by atomic mass is 35.5. The SMILES string of the molecule is CC1(OC(=O)Nc2c(-c3ccccn3)ccnc2Cl)CC1. The summed E-state index contributed by atoms with van der Waals surface area (Å²) >= 11 is 6.10. The Kier molecular flexibility index (Phi) is 3.51. The molecule has 21 heavy (non-hydrogen) atoms. The highest BCUT2D eigenvalue weighted by molar-refractivity contribution is 6.33. The van der Waals surface area contributed by atoms with Gasteiger partial charge < -0.3 is 4.74 Å². The Morgan fingerprint density at radius 3 is 2.76 bits per heavy atom. The quantitative estimate of drug-likeness (QED) is 0.873. The zero-order valence-corrected chi connectivity index (χ0v) is 12.2. The van der Waals surface area contributed by atoms with Gasteiger partial charge in [-0.25, -0.2) is 9.78 Å². The number of aromatic nitrogens is 2. The van der Waals surface area contributed by atoms with Crippen LogP contribution in [-0.4, -0.2) is 21.7 Å². The smallest absolute Gasteiger partial charge is 0.412 e. The molecule has 3 rings (SSSR count). The molecule has 1 aliphatic carbocycles. The number of amides is 1. The number of carbonyl (C=O) groups is 1. The fourth-order valence-electron chi connectivity index (χ4n) is 1.92. The van der Waals surface area contributed by atoms with Crippen molar-refractivity contribution in [3.8, 4) is 11.3 Å². The number of nitrogens with one attached hydrogen (secondary N) is 1. The molecule has 0 spiro atoms. The maximum Gasteiger partial charge on any atom is 0.412 e. The van der Waals surface area contributed by atoms with Gasteiger partial charge in [-0.15, -0.1) is 0 Å². The van der Waals surface area contributed by atoms with Gasteiger partial charge in [-0.3, -0.25) is 10.3 Å². The monoisotopic (exact) mass is 303 g/mol. The number of rotatable bonds is 3. The van der Waals surface area contributed by atoms with Crippen molar-refractivity contribution in [1.82, 2.24) is 9.97 Å². The Labute approximate surface area is 127 Å². The summed E-state index contributed by atoms with van der Waals surface area (Å²) in [6.45, 7) is 1.90. The number of pyridine rings is 2. The van der Waals surface area contributed by atoms with Crippen molar-refractivity contribution in [3.63, 3.8) is 0 Å². The Hall–Kier alpha value is -2.14. The lowest BCUT2D eigenvalue weighted by molar-refractivity contribution is 0.107. The van der Waals surface area contributed by atoms with E-state index in [4.69, 9.17) is 16.3 Å². The Bertz CT molecular complexity index is 672.